The first kappa shape index (κ1) is 13.8. The molecule has 1 aromatic carbocycles. The molecule has 1 aliphatic rings. The highest BCUT2D eigenvalue weighted by atomic mass is 16.4. The monoisotopic (exact) mass is 285 g/mol. The second-order valence-corrected chi connectivity index (χ2v) is 5.81. The van der Waals surface area contributed by atoms with Gasteiger partial charge in [0.25, 0.3) is 0 Å². The van der Waals surface area contributed by atoms with E-state index in [1.807, 2.05) is 24.3 Å². The minimum atomic E-state index is -1.05. The second-order valence-electron chi connectivity index (χ2n) is 5.81. The number of hydrogen-bond donors (Lipinski definition) is 2. The average Bonchev–Trinajstić information content (AvgIpc) is 2.46. The lowest BCUT2D eigenvalue weighted by Crippen LogP contribution is -2.36. The van der Waals surface area contributed by atoms with Crippen LogP contribution in [0.25, 0.3) is 10.9 Å². The van der Waals surface area contributed by atoms with Gasteiger partial charge in [0.15, 0.2) is 5.69 Å². The molecule has 2 N–H and O–H groups in total. The SMILES string of the molecule is CCC1(CNc2c(C(=O)O)nnc3ccccc23)CCC1. The summed E-state index contributed by atoms with van der Waals surface area (Å²) in [5.41, 5.74) is 1.61. The molecule has 0 amide bonds. The number of fused-ring (bicyclic) bond motifs is 1. The summed E-state index contributed by atoms with van der Waals surface area (Å²) in [5, 5.41) is 21.4. The van der Waals surface area contributed by atoms with Gasteiger partial charge >= 0.3 is 5.97 Å². The Hall–Kier alpha value is -2.17. The van der Waals surface area contributed by atoms with Crippen LogP contribution in [0.1, 0.15) is 43.1 Å². The zero-order valence-corrected chi connectivity index (χ0v) is 12.1. The molecule has 1 saturated carbocycles. The number of carboxylic acids is 1. The van der Waals surface area contributed by atoms with Gasteiger partial charge in [-0.05, 0) is 30.7 Å². The number of carbonyl (C=O) groups is 1. The number of aromatic nitrogens is 2. The van der Waals surface area contributed by atoms with Gasteiger partial charge in [0.05, 0.1) is 11.2 Å². The van der Waals surface area contributed by atoms with Gasteiger partial charge in [-0.2, -0.15) is 0 Å². The summed E-state index contributed by atoms with van der Waals surface area (Å²) in [4.78, 5) is 11.4. The summed E-state index contributed by atoms with van der Waals surface area (Å²) >= 11 is 0. The van der Waals surface area contributed by atoms with Crippen LogP contribution in [0.4, 0.5) is 5.69 Å². The molecule has 1 heterocycles. The third-order valence-corrected chi connectivity index (χ3v) is 4.67. The molecule has 0 atom stereocenters. The molecule has 0 bridgehead atoms. The predicted molar refractivity (Wildman–Crippen MR) is 81.6 cm³/mol. The number of benzene rings is 1. The van der Waals surface area contributed by atoms with Crippen LogP contribution in [0.2, 0.25) is 0 Å². The number of nitrogens with one attached hydrogen (secondary N) is 1. The van der Waals surface area contributed by atoms with Crippen molar-refractivity contribution >= 4 is 22.6 Å². The zero-order chi connectivity index (χ0) is 14.9. The fourth-order valence-electron chi connectivity index (χ4n) is 2.99. The van der Waals surface area contributed by atoms with E-state index >= 15 is 0 Å². The van der Waals surface area contributed by atoms with Crippen LogP contribution in [0, 0.1) is 5.41 Å². The number of carboxylic acid groups (broad SMARTS) is 1. The van der Waals surface area contributed by atoms with Crippen LogP contribution >= 0.6 is 0 Å². The van der Waals surface area contributed by atoms with E-state index in [0.29, 0.717) is 16.6 Å². The summed E-state index contributed by atoms with van der Waals surface area (Å²) in [5.74, 6) is -1.05. The molecule has 5 heteroatoms. The Morgan fingerprint density at radius 2 is 2.10 bits per heavy atom. The summed E-state index contributed by atoms with van der Waals surface area (Å²) in [6, 6.07) is 7.50. The number of hydrogen-bond acceptors (Lipinski definition) is 4. The molecule has 1 aromatic heterocycles. The standard InChI is InChI=1S/C16H19N3O2/c1-2-16(8-5-9-16)10-17-13-11-6-3-4-7-12(11)18-19-14(13)15(20)21/h3-4,6-7H,2,5,8-10H2,1H3,(H,17,18)(H,20,21). The maximum Gasteiger partial charge on any atom is 0.358 e. The summed E-state index contributed by atoms with van der Waals surface area (Å²) in [6.45, 7) is 2.99. The van der Waals surface area contributed by atoms with Crippen molar-refractivity contribution < 1.29 is 9.90 Å². The van der Waals surface area contributed by atoms with Gasteiger partial charge in [0.2, 0.25) is 0 Å². The minimum Gasteiger partial charge on any atom is -0.476 e. The van der Waals surface area contributed by atoms with Crippen LogP contribution in [0.5, 0.6) is 0 Å². The van der Waals surface area contributed by atoms with E-state index in [-0.39, 0.29) is 5.69 Å². The fraction of sp³-hybridized carbons (Fsp3) is 0.438. The summed E-state index contributed by atoms with van der Waals surface area (Å²) < 4.78 is 0. The molecule has 110 valence electrons. The molecule has 1 fully saturated rings. The van der Waals surface area contributed by atoms with E-state index in [2.05, 4.69) is 22.4 Å². The Bertz CT molecular complexity index is 675. The molecule has 1 aliphatic carbocycles. The molecule has 0 aliphatic heterocycles. The van der Waals surface area contributed by atoms with E-state index in [1.54, 1.807) is 0 Å². The Morgan fingerprint density at radius 3 is 2.71 bits per heavy atom. The number of nitrogens with zero attached hydrogens (tertiary/aromatic N) is 2. The highest BCUT2D eigenvalue weighted by Gasteiger charge is 2.35. The Balaban J connectivity index is 1.98. The maximum absolute atomic E-state index is 11.4. The number of aromatic carboxylic acids is 1. The quantitative estimate of drug-likeness (QED) is 0.881. The van der Waals surface area contributed by atoms with Crippen LogP contribution in [0.3, 0.4) is 0 Å². The van der Waals surface area contributed by atoms with Crippen LogP contribution in [-0.2, 0) is 0 Å². The molecule has 0 unspecified atom stereocenters. The Labute approximate surface area is 123 Å². The lowest BCUT2D eigenvalue weighted by Gasteiger charge is -2.41. The van der Waals surface area contributed by atoms with E-state index < -0.39 is 5.97 Å². The lowest BCUT2D eigenvalue weighted by molar-refractivity contribution is 0.0690. The van der Waals surface area contributed by atoms with Crippen molar-refractivity contribution in [1.82, 2.24) is 10.2 Å². The van der Waals surface area contributed by atoms with Crippen molar-refractivity contribution in [3.05, 3.63) is 30.0 Å². The number of anilines is 1. The summed E-state index contributed by atoms with van der Waals surface area (Å²) in [6.07, 6.45) is 4.78. The van der Waals surface area contributed by atoms with Gasteiger partial charge in [-0.15, -0.1) is 10.2 Å². The average molecular weight is 285 g/mol. The van der Waals surface area contributed by atoms with E-state index in [4.69, 9.17) is 0 Å². The van der Waals surface area contributed by atoms with Crippen molar-refractivity contribution in [2.45, 2.75) is 32.6 Å². The van der Waals surface area contributed by atoms with Crippen molar-refractivity contribution in [3.63, 3.8) is 0 Å². The number of rotatable bonds is 5. The van der Waals surface area contributed by atoms with Gasteiger partial charge in [0, 0.05) is 11.9 Å². The van der Waals surface area contributed by atoms with E-state index in [0.717, 1.165) is 18.4 Å². The topological polar surface area (TPSA) is 75.1 Å². The zero-order valence-electron chi connectivity index (χ0n) is 12.1. The van der Waals surface area contributed by atoms with Crippen LogP contribution < -0.4 is 5.32 Å². The normalized spacial score (nSPS) is 16.4. The molecular weight excluding hydrogens is 266 g/mol. The third kappa shape index (κ3) is 2.44. The minimum absolute atomic E-state index is 0.000670. The highest BCUT2D eigenvalue weighted by molar-refractivity contribution is 6.02. The van der Waals surface area contributed by atoms with Crippen LogP contribution in [-0.4, -0.2) is 27.8 Å². The second kappa shape index (κ2) is 5.31. The summed E-state index contributed by atoms with van der Waals surface area (Å²) in [7, 11) is 0. The van der Waals surface area contributed by atoms with Gasteiger partial charge in [-0.25, -0.2) is 4.79 Å². The molecule has 2 aromatic rings. The molecule has 5 nitrogen and oxygen atoms in total. The Morgan fingerprint density at radius 1 is 1.33 bits per heavy atom. The molecule has 0 saturated heterocycles. The fourth-order valence-corrected chi connectivity index (χ4v) is 2.99. The predicted octanol–water partition coefficient (Wildman–Crippen LogP) is 3.32. The highest BCUT2D eigenvalue weighted by Crippen LogP contribution is 2.44. The first-order valence-corrected chi connectivity index (χ1v) is 7.38. The molecule has 0 spiro atoms. The first-order valence-electron chi connectivity index (χ1n) is 7.38. The smallest absolute Gasteiger partial charge is 0.358 e. The first-order chi connectivity index (χ1) is 10.2. The van der Waals surface area contributed by atoms with Crippen molar-refractivity contribution in [2.75, 3.05) is 11.9 Å². The molecule has 0 radical (unpaired) electrons. The van der Waals surface area contributed by atoms with E-state index in [9.17, 15) is 9.90 Å². The van der Waals surface area contributed by atoms with Gasteiger partial charge in [0.1, 0.15) is 0 Å². The van der Waals surface area contributed by atoms with E-state index in [1.165, 1.54) is 19.3 Å². The van der Waals surface area contributed by atoms with Crippen LogP contribution in [0.15, 0.2) is 24.3 Å². The maximum atomic E-state index is 11.4. The van der Waals surface area contributed by atoms with Gasteiger partial charge in [-0.1, -0.05) is 31.5 Å². The molecule has 21 heavy (non-hydrogen) atoms. The van der Waals surface area contributed by atoms with Crippen molar-refractivity contribution in [3.8, 4) is 0 Å². The Kier molecular flexibility index (Phi) is 3.49. The third-order valence-electron chi connectivity index (χ3n) is 4.67. The van der Waals surface area contributed by atoms with Gasteiger partial charge in [-0.3, -0.25) is 0 Å². The van der Waals surface area contributed by atoms with Gasteiger partial charge < -0.3 is 10.4 Å². The molecular formula is C16H19N3O2. The van der Waals surface area contributed by atoms with Crippen molar-refractivity contribution in [1.29, 1.82) is 0 Å². The van der Waals surface area contributed by atoms with Crippen molar-refractivity contribution in [2.24, 2.45) is 5.41 Å². The molecule has 3 rings (SSSR count). The lowest BCUT2D eigenvalue weighted by atomic mass is 9.67. The largest absolute Gasteiger partial charge is 0.476 e.